The maximum atomic E-state index is 12.9. The zero-order chi connectivity index (χ0) is 15.5. The summed E-state index contributed by atoms with van der Waals surface area (Å²) in [5, 5.41) is 0.949. The Bertz CT molecular complexity index is 648. The van der Waals surface area contributed by atoms with Gasteiger partial charge in [0.2, 0.25) is 5.13 Å². The molecule has 2 heterocycles. The topological polar surface area (TPSA) is 46.1 Å². The van der Waals surface area contributed by atoms with Crippen molar-refractivity contribution in [3.05, 3.63) is 41.5 Å². The first-order valence-electron chi connectivity index (χ1n) is 7.54. The number of carbonyl (C=O) groups is 1. The second-order valence-corrected chi connectivity index (χ2v) is 6.21. The number of benzene rings is 1. The fourth-order valence-corrected chi connectivity index (χ4v) is 3.50. The third-order valence-electron chi connectivity index (χ3n) is 4.04. The van der Waals surface area contributed by atoms with E-state index in [0.717, 1.165) is 43.3 Å². The van der Waals surface area contributed by atoms with Crippen molar-refractivity contribution in [3.8, 4) is 0 Å². The minimum atomic E-state index is -0.311. The lowest BCUT2D eigenvalue weighted by Gasteiger charge is -2.30. The highest BCUT2D eigenvalue weighted by Crippen LogP contribution is 2.27. The van der Waals surface area contributed by atoms with Gasteiger partial charge in [-0.3, -0.25) is 4.79 Å². The molecule has 2 aromatic rings. The first-order chi connectivity index (χ1) is 10.7. The molecule has 0 atom stereocenters. The normalized spacial score (nSPS) is 16.0. The lowest BCUT2D eigenvalue weighted by atomic mass is 9.89. The third kappa shape index (κ3) is 3.16. The average Bonchev–Trinajstić information content (AvgIpc) is 3.04. The number of rotatable bonds is 4. The minimum absolute atomic E-state index is 0.0141. The van der Waals surface area contributed by atoms with Crippen LogP contribution >= 0.6 is 11.5 Å². The number of anilines is 1. The van der Waals surface area contributed by atoms with Gasteiger partial charge >= 0.3 is 0 Å². The summed E-state index contributed by atoms with van der Waals surface area (Å²) in [6, 6.07) is 5.83. The summed E-state index contributed by atoms with van der Waals surface area (Å²) in [6.45, 7) is 3.67. The number of halogens is 1. The highest BCUT2D eigenvalue weighted by atomic mass is 32.1. The van der Waals surface area contributed by atoms with Gasteiger partial charge in [-0.1, -0.05) is 6.92 Å². The SMILES string of the molecule is CCc1nsc(N2CCC(C(=O)c3ccc(F)cc3)CC2)n1. The number of piperidine rings is 1. The molecule has 1 fully saturated rings. The van der Waals surface area contributed by atoms with Crippen LogP contribution < -0.4 is 4.90 Å². The number of hydrogen-bond donors (Lipinski definition) is 0. The lowest BCUT2D eigenvalue weighted by Crippen LogP contribution is -2.36. The Kier molecular flexibility index (Phi) is 4.47. The van der Waals surface area contributed by atoms with Crippen molar-refractivity contribution in [2.75, 3.05) is 18.0 Å². The van der Waals surface area contributed by atoms with Crippen LogP contribution in [0.5, 0.6) is 0 Å². The van der Waals surface area contributed by atoms with Crippen molar-refractivity contribution in [1.82, 2.24) is 9.36 Å². The summed E-state index contributed by atoms with van der Waals surface area (Å²) in [7, 11) is 0. The van der Waals surface area contributed by atoms with E-state index in [1.807, 2.05) is 6.92 Å². The number of aryl methyl sites for hydroxylation is 1. The Morgan fingerprint density at radius 2 is 2.00 bits per heavy atom. The van der Waals surface area contributed by atoms with E-state index in [9.17, 15) is 9.18 Å². The molecule has 0 aliphatic carbocycles. The molecule has 1 aliphatic heterocycles. The van der Waals surface area contributed by atoms with Gasteiger partial charge in [0.05, 0.1) is 0 Å². The van der Waals surface area contributed by atoms with Gasteiger partial charge in [0.15, 0.2) is 5.78 Å². The van der Waals surface area contributed by atoms with Crippen molar-refractivity contribution in [2.24, 2.45) is 5.92 Å². The number of nitrogens with zero attached hydrogens (tertiary/aromatic N) is 3. The molecule has 1 aromatic carbocycles. The predicted molar refractivity (Wildman–Crippen MR) is 85.0 cm³/mol. The molecule has 1 aromatic heterocycles. The van der Waals surface area contributed by atoms with Crippen molar-refractivity contribution < 1.29 is 9.18 Å². The Hall–Kier alpha value is -1.82. The van der Waals surface area contributed by atoms with Gasteiger partial charge in [-0.25, -0.2) is 9.37 Å². The smallest absolute Gasteiger partial charge is 0.205 e. The highest BCUT2D eigenvalue weighted by Gasteiger charge is 2.27. The van der Waals surface area contributed by atoms with E-state index in [4.69, 9.17) is 0 Å². The first kappa shape index (κ1) is 15.1. The summed E-state index contributed by atoms with van der Waals surface area (Å²) in [4.78, 5) is 19.1. The number of Topliss-reactive ketones (excluding diaryl/α,β-unsaturated/α-hetero) is 1. The third-order valence-corrected chi connectivity index (χ3v) is 4.85. The molecule has 0 spiro atoms. The number of aromatic nitrogens is 2. The molecule has 0 saturated carbocycles. The molecule has 0 amide bonds. The first-order valence-corrected chi connectivity index (χ1v) is 8.32. The van der Waals surface area contributed by atoms with E-state index < -0.39 is 0 Å². The van der Waals surface area contributed by atoms with E-state index in [1.165, 1.54) is 23.7 Å². The van der Waals surface area contributed by atoms with Gasteiger partial charge in [-0.2, -0.15) is 4.37 Å². The molecule has 1 aliphatic rings. The van der Waals surface area contributed by atoms with Gasteiger partial charge in [0, 0.05) is 42.5 Å². The molecule has 1 saturated heterocycles. The summed E-state index contributed by atoms with van der Waals surface area (Å²) < 4.78 is 17.2. The number of hydrogen-bond acceptors (Lipinski definition) is 5. The zero-order valence-electron chi connectivity index (χ0n) is 12.5. The molecule has 0 bridgehead atoms. The molecule has 0 unspecified atom stereocenters. The largest absolute Gasteiger partial charge is 0.347 e. The van der Waals surface area contributed by atoms with E-state index in [2.05, 4.69) is 14.3 Å². The molecule has 0 N–H and O–H groups in total. The fourth-order valence-electron chi connectivity index (χ4n) is 2.70. The van der Waals surface area contributed by atoms with Crippen molar-refractivity contribution in [3.63, 3.8) is 0 Å². The highest BCUT2D eigenvalue weighted by molar-refractivity contribution is 7.09. The molecular formula is C16H18FN3OS. The lowest BCUT2D eigenvalue weighted by molar-refractivity contribution is 0.0900. The van der Waals surface area contributed by atoms with E-state index in [0.29, 0.717) is 5.56 Å². The number of ketones is 1. The molecule has 116 valence electrons. The Morgan fingerprint density at radius 3 is 2.59 bits per heavy atom. The van der Waals surface area contributed by atoms with Gasteiger partial charge in [0.1, 0.15) is 11.6 Å². The Labute approximate surface area is 133 Å². The van der Waals surface area contributed by atoms with Crippen LogP contribution in [0.25, 0.3) is 0 Å². The molecule has 0 radical (unpaired) electrons. The fraction of sp³-hybridized carbons (Fsp3) is 0.438. The van der Waals surface area contributed by atoms with Crippen LogP contribution in [0.3, 0.4) is 0 Å². The van der Waals surface area contributed by atoms with Crippen LogP contribution in [-0.2, 0) is 6.42 Å². The van der Waals surface area contributed by atoms with Crippen LogP contribution in [0, 0.1) is 11.7 Å². The molecule has 22 heavy (non-hydrogen) atoms. The number of carbonyl (C=O) groups excluding carboxylic acids is 1. The zero-order valence-corrected chi connectivity index (χ0v) is 13.3. The van der Waals surface area contributed by atoms with E-state index in [1.54, 1.807) is 12.1 Å². The van der Waals surface area contributed by atoms with E-state index >= 15 is 0 Å². The summed E-state index contributed by atoms with van der Waals surface area (Å²) in [6.07, 6.45) is 2.45. The van der Waals surface area contributed by atoms with Crippen LogP contribution in [0.4, 0.5) is 9.52 Å². The quantitative estimate of drug-likeness (QED) is 0.811. The van der Waals surface area contributed by atoms with Gasteiger partial charge in [-0.15, -0.1) is 0 Å². The maximum absolute atomic E-state index is 12.9. The van der Waals surface area contributed by atoms with Crippen molar-refractivity contribution in [1.29, 1.82) is 0 Å². The van der Waals surface area contributed by atoms with Crippen molar-refractivity contribution in [2.45, 2.75) is 26.2 Å². The minimum Gasteiger partial charge on any atom is -0.347 e. The molecular weight excluding hydrogens is 301 g/mol. The Balaban J connectivity index is 1.61. The predicted octanol–water partition coefficient (Wildman–Crippen LogP) is 3.34. The molecule has 4 nitrogen and oxygen atoms in total. The monoisotopic (exact) mass is 319 g/mol. The van der Waals surface area contributed by atoms with Gasteiger partial charge < -0.3 is 4.90 Å². The van der Waals surface area contributed by atoms with Crippen molar-refractivity contribution >= 4 is 22.4 Å². The van der Waals surface area contributed by atoms with Gasteiger partial charge in [0.25, 0.3) is 0 Å². The summed E-state index contributed by atoms with van der Waals surface area (Å²) in [5.74, 6) is 0.699. The van der Waals surface area contributed by atoms with Crippen LogP contribution in [0.1, 0.15) is 35.9 Å². The van der Waals surface area contributed by atoms with Crippen LogP contribution in [-0.4, -0.2) is 28.2 Å². The van der Waals surface area contributed by atoms with E-state index in [-0.39, 0.29) is 17.5 Å². The van der Waals surface area contributed by atoms with Crippen LogP contribution in [0.15, 0.2) is 24.3 Å². The van der Waals surface area contributed by atoms with Gasteiger partial charge in [-0.05, 0) is 37.1 Å². The summed E-state index contributed by atoms with van der Waals surface area (Å²) >= 11 is 1.43. The molecule has 6 heteroatoms. The standard InChI is InChI=1S/C16H18FN3OS/c1-2-14-18-16(22-19-14)20-9-7-12(8-10-20)15(21)11-3-5-13(17)6-4-11/h3-6,12H,2,7-10H2,1H3. The second kappa shape index (κ2) is 6.52. The second-order valence-electron chi connectivity index (χ2n) is 5.48. The maximum Gasteiger partial charge on any atom is 0.205 e. The molecule has 3 rings (SSSR count). The average molecular weight is 319 g/mol. The summed E-state index contributed by atoms with van der Waals surface area (Å²) in [5.41, 5.74) is 0.601. The van der Waals surface area contributed by atoms with Crippen LogP contribution in [0.2, 0.25) is 0 Å². The Morgan fingerprint density at radius 1 is 1.32 bits per heavy atom.